The fraction of sp³-hybridized carbons (Fsp3) is 0.500. The molecule has 3 nitrogen and oxygen atoms in total. The highest BCUT2D eigenvalue weighted by molar-refractivity contribution is 6.42. The van der Waals surface area contributed by atoms with Crippen LogP contribution in [0.2, 0.25) is 0 Å². The highest BCUT2D eigenvalue weighted by Gasteiger charge is 2.17. The lowest BCUT2D eigenvalue weighted by Crippen LogP contribution is -2.33. The van der Waals surface area contributed by atoms with Gasteiger partial charge < -0.3 is 4.90 Å². The molecular formula is C8H11NO2. The molecule has 60 valence electrons. The largest absolute Gasteiger partial charge is 0.369 e. The Labute approximate surface area is 65.7 Å². The van der Waals surface area contributed by atoms with Gasteiger partial charge in [0, 0.05) is 18.8 Å². The van der Waals surface area contributed by atoms with Gasteiger partial charge in [0.2, 0.25) is 11.6 Å². The van der Waals surface area contributed by atoms with Crippen molar-refractivity contribution in [3.05, 3.63) is 12.3 Å². The number of carbonyl (C=O) groups is 2. The van der Waals surface area contributed by atoms with Crippen LogP contribution >= 0.6 is 0 Å². The molecule has 0 radical (unpaired) electrons. The fourth-order valence-corrected chi connectivity index (χ4v) is 1.02. The minimum absolute atomic E-state index is 0.253. The number of Topliss-reactive ketones (excluding diaryl/α,β-unsaturated/α-hetero) is 1. The Morgan fingerprint density at radius 2 is 2.27 bits per heavy atom. The van der Waals surface area contributed by atoms with Crippen LogP contribution in [0.25, 0.3) is 0 Å². The molecule has 0 saturated carbocycles. The van der Waals surface area contributed by atoms with E-state index in [0.717, 1.165) is 13.0 Å². The second kappa shape index (κ2) is 3.32. The van der Waals surface area contributed by atoms with Crippen molar-refractivity contribution >= 4 is 11.6 Å². The Hall–Kier alpha value is -1.12. The summed E-state index contributed by atoms with van der Waals surface area (Å²) in [6.45, 7) is 3.13. The van der Waals surface area contributed by atoms with E-state index >= 15 is 0 Å². The lowest BCUT2D eigenvalue weighted by molar-refractivity contribution is -0.134. The Morgan fingerprint density at radius 3 is 2.82 bits per heavy atom. The van der Waals surface area contributed by atoms with E-state index in [4.69, 9.17) is 0 Å². The Bertz CT molecular complexity index is 208. The first-order chi connectivity index (χ1) is 5.24. The van der Waals surface area contributed by atoms with Crippen molar-refractivity contribution in [2.75, 3.05) is 13.1 Å². The van der Waals surface area contributed by atoms with Crippen LogP contribution in [0.1, 0.15) is 13.3 Å². The summed E-state index contributed by atoms with van der Waals surface area (Å²) < 4.78 is 0. The van der Waals surface area contributed by atoms with Crippen LogP contribution in [-0.4, -0.2) is 29.6 Å². The van der Waals surface area contributed by atoms with Gasteiger partial charge in [-0.1, -0.05) is 6.92 Å². The maximum absolute atomic E-state index is 10.8. The van der Waals surface area contributed by atoms with Gasteiger partial charge in [-0.15, -0.1) is 0 Å². The molecule has 0 aromatic rings. The van der Waals surface area contributed by atoms with E-state index < -0.39 is 0 Å². The number of hydrogen-bond donors (Lipinski definition) is 0. The molecule has 0 fully saturated rings. The summed E-state index contributed by atoms with van der Waals surface area (Å²) in [4.78, 5) is 23.4. The average molecular weight is 153 g/mol. The molecule has 0 N–H and O–H groups in total. The van der Waals surface area contributed by atoms with E-state index in [1.54, 1.807) is 6.20 Å². The number of rotatable bonds is 2. The zero-order chi connectivity index (χ0) is 8.27. The maximum atomic E-state index is 10.8. The van der Waals surface area contributed by atoms with E-state index in [0.29, 0.717) is 0 Å². The third kappa shape index (κ3) is 1.90. The lowest BCUT2D eigenvalue weighted by Gasteiger charge is -2.20. The molecule has 0 aliphatic carbocycles. The normalized spacial score (nSPS) is 17.7. The maximum Gasteiger partial charge on any atom is 0.224 e. The molecular weight excluding hydrogens is 142 g/mol. The van der Waals surface area contributed by atoms with E-state index in [1.807, 2.05) is 11.8 Å². The van der Waals surface area contributed by atoms with Gasteiger partial charge in [0.1, 0.15) is 0 Å². The summed E-state index contributed by atoms with van der Waals surface area (Å²) >= 11 is 0. The fourth-order valence-electron chi connectivity index (χ4n) is 1.02. The third-order valence-electron chi connectivity index (χ3n) is 1.57. The molecule has 0 aromatic heterocycles. The molecule has 0 spiro atoms. The first-order valence-corrected chi connectivity index (χ1v) is 3.73. The first-order valence-electron chi connectivity index (χ1n) is 3.73. The van der Waals surface area contributed by atoms with E-state index in [1.165, 1.54) is 6.08 Å². The van der Waals surface area contributed by atoms with Crippen LogP contribution < -0.4 is 0 Å². The van der Waals surface area contributed by atoms with Crippen molar-refractivity contribution in [1.29, 1.82) is 0 Å². The molecule has 0 amide bonds. The van der Waals surface area contributed by atoms with Gasteiger partial charge in [0.25, 0.3) is 0 Å². The molecule has 3 heteroatoms. The van der Waals surface area contributed by atoms with Crippen LogP contribution in [0.5, 0.6) is 0 Å². The number of hydrogen-bond acceptors (Lipinski definition) is 3. The molecule has 1 aliphatic heterocycles. The molecule has 1 rings (SSSR count). The van der Waals surface area contributed by atoms with Crippen LogP contribution in [0.3, 0.4) is 0 Å². The second-order valence-electron chi connectivity index (χ2n) is 2.57. The summed E-state index contributed by atoms with van der Waals surface area (Å²) in [6.07, 6.45) is 4.01. The van der Waals surface area contributed by atoms with Crippen molar-refractivity contribution in [2.45, 2.75) is 13.3 Å². The number of carbonyl (C=O) groups excluding carboxylic acids is 2. The summed E-state index contributed by atoms with van der Waals surface area (Å²) in [7, 11) is 0. The van der Waals surface area contributed by atoms with Gasteiger partial charge in [-0.25, -0.2) is 0 Å². The summed E-state index contributed by atoms with van der Waals surface area (Å²) in [5.74, 6) is -0.682. The number of nitrogens with zero attached hydrogens (tertiary/aromatic N) is 1. The van der Waals surface area contributed by atoms with Gasteiger partial charge >= 0.3 is 0 Å². The standard InChI is InChI=1S/C8H11NO2/c1-2-4-9-5-3-7(10)8(11)6-9/h3,5H,2,4,6H2,1H3. The van der Waals surface area contributed by atoms with E-state index in [-0.39, 0.29) is 18.1 Å². The molecule has 1 aliphatic rings. The molecule has 11 heavy (non-hydrogen) atoms. The highest BCUT2D eigenvalue weighted by Crippen LogP contribution is 2.00. The quantitative estimate of drug-likeness (QED) is 0.538. The predicted octanol–water partition coefficient (Wildman–Crippen LogP) is 0.364. The molecule has 0 unspecified atom stereocenters. The predicted molar refractivity (Wildman–Crippen MR) is 41.0 cm³/mol. The average Bonchev–Trinajstić information content (AvgIpc) is 1.98. The zero-order valence-corrected chi connectivity index (χ0v) is 6.54. The highest BCUT2D eigenvalue weighted by atomic mass is 16.2. The SMILES string of the molecule is CCCN1C=CC(=O)C(=O)C1. The zero-order valence-electron chi connectivity index (χ0n) is 6.54. The summed E-state index contributed by atoms with van der Waals surface area (Å²) in [5.41, 5.74) is 0. The minimum atomic E-state index is -0.377. The molecule has 0 bridgehead atoms. The van der Waals surface area contributed by atoms with Crippen molar-refractivity contribution in [2.24, 2.45) is 0 Å². The van der Waals surface area contributed by atoms with Gasteiger partial charge in [-0.05, 0) is 6.42 Å². The smallest absolute Gasteiger partial charge is 0.224 e. The number of allylic oxidation sites excluding steroid dienone is 1. The van der Waals surface area contributed by atoms with Crippen molar-refractivity contribution in [1.82, 2.24) is 4.90 Å². The van der Waals surface area contributed by atoms with Crippen molar-refractivity contribution in [3.63, 3.8) is 0 Å². The number of ketones is 2. The van der Waals surface area contributed by atoms with Gasteiger partial charge in [-0.2, -0.15) is 0 Å². The summed E-state index contributed by atoms with van der Waals surface area (Å²) in [5, 5.41) is 0. The van der Waals surface area contributed by atoms with Crippen LogP contribution in [0.15, 0.2) is 12.3 Å². The monoisotopic (exact) mass is 153 g/mol. The van der Waals surface area contributed by atoms with E-state index in [2.05, 4.69) is 0 Å². The summed E-state index contributed by atoms with van der Waals surface area (Å²) in [6, 6.07) is 0. The lowest BCUT2D eigenvalue weighted by atomic mass is 10.2. The van der Waals surface area contributed by atoms with Gasteiger partial charge in [0.05, 0.1) is 6.54 Å². The Kier molecular flexibility index (Phi) is 2.41. The Morgan fingerprint density at radius 1 is 1.55 bits per heavy atom. The minimum Gasteiger partial charge on any atom is -0.369 e. The second-order valence-corrected chi connectivity index (χ2v) is 2.57. The Balaban J connectivity index is 2.56. The molecule has 0 atom stereocenters. The van der Waals surface area contributed by atoms with Crippen molar-refractivity contribution < 1.29 is 9.59 Å². The van der Waals surface area contributed by atoms with Gasteiger partial charge in [0.15, 0.2) is 0 Å². The molecule has 0 aromatic carbocycles. The molecule has 1 heterocycles. The van der Waals surface area contributed by atoms with Crippen LogP contribution in [0, 0.1) is 0 Å². The van der Waals surface area contributed by atoms with Gasteiger partial charge in [-0.3, -0.25) is 9.59 Å². The van der Waals surface area contributed by atoms with E-state index in [9.17, 15) is 9.59 Å². The topological polar surface area (TPSA) is 37.4 Å². The third-order valence-corrected chi connectivity index (χ3v) is 1.57. The van der Waals surface area contributed by atoms with Crippen LogP contribution in [-0.2, 0) is 9.59 Å². The molecule has 0 saturated heterocycles. The van der Waals surface area contributed by atoms with Crippen LogP contribution in [0.4, 0.5) is 0 Å². The van der Waals surface area contributed by atoms with Crippen molar-refractivity contribution in [3.8, 4) is 0 Å². The first kappa shape index (κ1) is 7.98.